The summed E-state index contributed by atoms with van der Waals surface area (Å²) in [5.41, 5.74) is 3.76. The molecule has 4 N–H and O–H groups in total. The van der Waals surface area contributed by atoms with Gasteiger partial charge in [0.1, 0.15) is 0 Å². The van der Waals surface area contributed by atoms with Gasteiger partial charge in [0, 0.05) is 11.1 Å². The van der Waals surface area contributed by atoms with Crippen LogP contribution in [0.5, 0.6) is 0 Å². The van der Waals surface area contributed by atoms with Crippen LogP contribution >= 0.6 is 0 Å². The largest absolute Gasteiger partial charge is 0.392 e. The quantitative estimate of drug-likeness (QED) is 0.648. The van der Waals surface area contributed by atoms with Crippen LogP contribution in [-0.2, 0) is 35.5 Å². The molecule has 0 aromatic heterocycles. The summed E-state index contributed by atoms with van der Waals surface area (Å²) in [6.07, 6.45) is -1.21. The zero-order chi connectivity index (χ0) is 18.5. The molecule has 2 aromatic carbocycles. The van der Waals surface area contributed by atoms with Crippen molar-refractivity contribution in [2.75, 3.05) is 13.2 Å². The second kappa shape index (κ2) is 8.73. The number of hydrogen-bond acceptors (Lipinski definition) is 6. The summed E-state index contributed by atoms with van der Waals surface area (Å²) in [6, 6.07) is 11.1. The second-order valence-corrected chi connectivity index (χ2v) is 6.33. The Morgan fingerprint density at radius 3 is 1.73 bits per heavy atom. The average molecular weight is 360 g/mol. The smallest absolute Gasteiger partial charge is 0.181 e. The van der Waals surface area contributed by atoms with Crippen LogP contribution in [0.15, 0.2) is 36.4 Å². The topological polar surface area (TPSA) is 99.4 Å². The van der Waals surface area contributed by atoms with Crippen molar-refractivity contribution in [3.8, 4) is 0 Å². The standard InChI is InChI=1S/C20H24O6/c21-11-15-9-16(12-22)18-10-17(15)19(23)25-6-4-13-2-1-3-14(8-13)5-7-26-20(18)24/h1-3,8-10,19-24H,4-7,11-12H2. The molecule has 4 bridgehead atoms. The summed E-state index contributed by atoms with van der Waals surface area (Å²) in [7, 11) is 0. The number of rotatable bonds is 2. The molecule has 0 aliphatic carbocycles. The fourth-order valence-electron chi connectivity index (χ4n) is 3.16. The van der Waals surface area contributed by atoms with Gasteiger partial charge in [-0.15, -0.1) is 0 Å². The molecule has 1 aliphatic heterocycles. The molecule has 26 heavy (non-hydrogen) atoms. The van der Waals surface area contributed by atoms with Gasteiger partial charge in [0.05, 0.1) is 26.4 Å². The molecule has 0 radical (unpaired) electrons. The molecule has 0 fully saturated rings. The average Bonchev–Trinajstić information content (AvgIpc) is 2.66. The summed E-state index contributed by atoms with van der Waals surface area (Å²) in [6.45, 7) is -0.0126. The molecule has 0 amide bonds. The Kier molecular flexibility index (Phi) is 6.37. The lowest BCUT2D eigenvalue weighted by Crippen LogP contribution is -2.15. The van der Waals surface area contributed by atoms with Gasteiger partial charge in [0.2, 0.25) is 0 Å². The zero-order valence-electron chi connectivity index (χ0n) is 14.5. The fraction of sp³-hybridized carbons (Fsp3) is 0.400. The minimum Gasteiger partial charge on any atom is -0.392 e. The number of benzene rings is 2. The van der Waals surface area contributed by atoms with Gasteiger partial charge in [0.15, 0.2) is 12.6 Å². The summed E-state index contributed by atoms with van der Waals surface area (Å²) >= 11 is 0. The van der Waals surface area contributed by atoms with Gasteiger partial charge in [0.25, 0.3) is 0 Å². The van der Waals surface area contributed by atoms with E-state index in [2.05, 4.69) is 6.07 Å². The van der Waals surface area contributed by atoms with Crippen molar-refractivity contribution in [3.63, 3.8) is 0 Å². The molecule has 1 aliphatic rings. The van der Waals surface area contributed by atoms with E-state index < -0.39 is 12.6 Å². The minimum absolute atomic E-state index is 0.311. The summed E-state index contributed by atoms with van der Waals surface area (Å²) in [5, 5.41) is 40.0. The Hall–Kier alpha value is -1.80. The van der Waals surface area contributed by atoms with E-state index in [0.717, 1.165) is 11.1 Å². The molecular weight excluding hydrogens is 336 g/mol. The predicted molar refractivity (Wildman–Crippen MR) is 94.0 cm³/mol. The third kappa shape index (κ3) is 4.29. The number of aliphatic hydroxyl groups is 4. The van der Waals surface area contributed by atoms with Crippen LogP contribution in [0.3, 0.4) is 0 Å². The summed E-state index contributed by atoms with van der Waals surface area (Å²) in [4.78, 5) is 0. The first-order chi connectivity index (χ1) is 12.6. The van der Waals surface area contributed by atoms with Crippen molar-refractivity contribution >= 4 is 0 Å². The molecule has 0 spiro atoms. The van der Waals surface area contributed by atoms with Gasteiger partial charge >= 0.3 is 0 Å². The number of aliphatic hydroxyl groups excluding tert-OH is 4. The first-order valence-corrected chi connectivity index (χ1v) is 8.67. The van der Waals surface area contributed by atoms with E-state index in [9.17, 15) is 20.4 Å². The van der Waals surface area contributed by atoms with E-state index >= 15 is 0 Å². The maximum atomic E-state index is 10.4. The highest BCUT2D eigenvalue weighted by Crippen LogP contribution is 2.29. The van der Waals surface area contributed by atoms with Crippen LogP contribution in [0.2, 0.25) is 0 Å². The lowest BCUT2D eigenvalue weighted by atomic mass is 9.97. The molecule has 6 nitrogen and oxygen atoms in total. The van der Waals surface area contributed by atoms with Crippen molar-refractivity contribution in [3.05, 3.63) is 69.8 Å². The highest BCUT2D eigenvalue weighted by Gasteiger charge is 2.21. The zero-order valence-corrected chi connectivity index (χ0v) is 14.5. The van der Waals surface area contributed by atoms with Crippen molar-refractivity contribution < 1.29 is 29.9 Å². The van der Waals surface area contributed by atoms with Crippen LogP contribution < -0.4 is 0 Å². The SMILES string of the molecule is OCc1cc(CO)c2cc1C(O)OCCc1cccc(c1)CCOC2O. The van der Waals surface area contributed by atoms with Gasteiger partial charge < -0.3 is 29.9 Å². The fourth-order valence-corrected chi connectivity index (χ4v) is 3.16. The highest BCUT2D eigenvalue weighted by atomic mass is 16.6. The Morgan fingerprint density at radius 1 is 0.769 bits per heavy atom. The van der Waals surface area contributed by atoms with Gasteiger partial charge in [-0.1, -0.05) is 30.3 Å². The van der Waals surface area contributed by atoms with Gasteiger partial charge in [-0.2, -0.15) is 0 Å². The highest BCUT2D eigenvalue weighted by molar-refractivity contribution is 5.39. The molecule has 3 rings (SSSR count). The monoisotopic (exact) mass is 360 g/mol. The van der Waals surface area contributed by atoms with Gasteiger partial charge in [-0.05, 0) is 41.2 Å². The Morgan fingerprint density at radius 2 is 1.27 bits per heavy atom. The van der Waals surface area contributed by atoms with E-state index in [1.54, 1.807) is 6.07 Å². The minimum atomic E-state index is -1.25. The summed E-state index contributed by atoms with van der Waals surface area (Å²) < 4.78 is 11.1. The normalized spacial score (nSPS) is 21.2. The number of hydrogen-bond donors (Lipinski definition) is 4. The molecule has 0 saturated carbocycles. The van der Waals surface area contributed by atoms with Crippen molar-refractivity contribution in [1.82, 2.24) is 0 Å². The molecule has 2 atom stereocenters. The Labute approximate surface area is 152 Å². The molecule has 6 heteroatoms. The predicted octanol–water partition coefficient (Wildman–Crippen LogP) is 1.48. The van der Waals surface area contributed by atoms with Crippen molar-refractivity contribution in [2.45, 2.75) is 38.6 Å². The van der Waals surface area contributed by atoms with Crippen LogP contribution in [0, 0.1) is 0 Å². The molecule has 0 saturated heterocycles. The molecule has 2 aromatic rings. The maximum Gasteiger partial charge on any atom is 0.181 e. The Bertz CT molecular complexity index is 691. The first kappa shape index (κ1) is 19.0. The first-order valence-electron chi connectivity index (χ1n) is 8.67. The second-order valence-electron chi connectivity index (χ2n) is 6.33. The molecule has 2 unspecified atom stereocenters. The third-order valence-corrected chi connectivity index (χ3v) is 4.60. The maximum absolute atomic E-state index is 10.4. The molecular formula is C20H24O6. The third-order valence-electron chi connectivity index (χ3n) is 4.60. The van der Waals surface area contributed by atoms with E-state index in [4.69, 9.17) is 9.47 Å². The van der Waals surface area contributed by atoms with E-state index in [1.165, 1.54) is 6.07 Å². The van der Waals surface area contributed by atoms with Crippen molar-refractivity contribution in [1.29, 1.82) is 0 Å². The molecule has 140 valence electrons. The van der Waals surface area contributed by atoms with E-state index in [1.807, 2.05) is 18.2 Å². The lowest BCUT2D eigenvalue weighted by molar-refractivity contribution is -0.107. The van der Waals surface area contributed by atoms with Crippen LogP contribution in [0.1, 0.15) is 46.0 Å². The van der Waals surface area contributed by atoms with E-state index in [-0.39, 0.29) is 13.2 Å². The van der Waals surface area contributed by atoms with Gasteiger partial charge in [-0.25, -0.2) is 0 Å². The van der Waals surface area contributed by atoms with E-state index in [0.29, 0.717) is 48.3 Å². The van der Waals surface area contributed by atoms with Crippen LogP contribution in [-0.4, -0.2) is 33.6 Å². The van der Waals surface area contributed by atoms with Gasteiger partial charge in [-0.3, -0.25) is 0 Å². The summed E-state index contributed by atoms with van der Waals surface area (Å²) in [5.74, 6) is 0. The Balaban J connectivity index is 1.95. The number of fused-ring (bicyclic) bond motifs is 4. The lowest BCUT2D eigenvalue weighted by Gasteiger charge is -2.22. The molecule has 1 heterocycles. The van der Waals surface area contributed by atoms with Crippen LogP contribution in [0.4, 0.5) is 0 Å². The van der Waals surface area contributed by atoms with Crippen molar-refractivity contribution in [2.24, 2.45) is 0 Å². The number of ether oxygens (including phenoxy) is 2. The van der Waals surface area contributed by atoms with Crippen LogP contribution in [0.25, 0.3) is 0 Å².